The normalized spacial score (nSPS) is 11.1. The van der Waals surface area contributed by atoms with Crippen LogP contribution in [-0.4, -0.2) is 12.4 Å². The molecular formula is C23H14F10O2. The van der Waals surface area contributed by atoms with Crippen LogP contribution >= 0.6 is 0 Å². The van der Waals surface area contributed by atoms with Crippen LogP contribution in [0.4, 0.5) is 43.9 Å². The third-order valence-corrected chi connectivity index (χ3v) is 4.36. The van der Waals surface area contributed by atoms with E-state index in [9.17, 15) is 48.7 Å². The summed E-state index contributed by atoms with van der Waals surface area (Å²) in [6.45, 7) is 1.85. The first-order valence-corrected chi connectivity index (χ1v) is 9.62. The van der Waals surface area contributed by atoms with Crippen LogP contribution in [0.5, 0.6) is 5.75 Å². The highest BCUT2D eigenvalue weighted by Crippen LogP contribution is 2.33. The Hall–Kier alpha value is -3.57. The van der Waals surface area contributed by atoms with E-state index in [-0.39, 0.29) is 5.56 Å². The van der Waals surface area contributed by atoms with Crippen molar-refractivity contribution in [1.29, 1.82) is 0 Å². The molecule has 0 heterocycles. The number of hydrogen-bond acceptors (Lipinski definition) is 2. The molecule has 188 valence electrons. The van der Waals surface area contributed by atoms with Gasteiger partial charge in [0.25, 0.3) is 0 Å². The molecule has 0 amide bonds. The zero-order chi connectivity index (χ0) is 26.5. The predicted molar refractivity (Wildman–Crippen MR) is 104 cm³/mol. The molecule has 0 saturated carbocycles. The molecule has 0 atom stereocenters. The molecule has 0 aliphatic rings. The Morgan fingerprint density at radius 3 is 1.89 bits per heavy atom. The lowest BCUT2D eigenvalue weighted by Gasteiger charge is -2.12. The first-order chi connectivity index (χ1) is 16.2. The largest absolute Gasteiger partial charge is 0.573 e. The van der Waals surface area contributed by atoms with Crippen molar-refractivity contribution in [1.82, 2.24) is 0 Å². The van der Waals surface area contributed by atoms with Crippen LogP contribution in [0.25, 0.3) is 11.1 Å². The number of rotatable bonds is 5. The lowest BCUT2D eigenvalue weighted by atomic mass is 10.0. The molecule has 3 aromatic carbocycles. The van der Waals surface area contributed by atoms with E-state index >= 15 is 0 Å². The minimum Gasteiger partial charge on any atom is -0.399 e. The van der Waals surface area contributed by atoms with Crippen LogP contribution in [0.15, 0.2) is 42.5 Å². The highest BCUT2D eigenvalue weighted by Gasteiger charge is 2.34. The van der Waals surface area contributed by atoms with Crippen LogP contribution in [-0.2, 0) is 6.42 Å². The van der Waals surface area contributed by atoms with Gasteiger partial charge < -0.3 is 4.74 Å². The molecule has 3 aromatic rings. The van der Waals surface area contributed by atoms with E-state index < -0.39 is 69.7 Å². The third-order valence-electron chi connectivity index (χ3n) is 4.36. The summed E-state index contributed by atoms with van der Waals surface area (Å²) >= 11 is 0. The van der Waals surface area contributed by atoms with Crippen molar-refractivity contribution in [3.8, 4) is 16.9 Å². The molecule has 3 rings (SSSR count). The number of hydrogen-bond donors (Lipinski definition) is 0. The van der Waals surface area contributed by atoms with Gasteiger partial charge in [0, 0.05) is 5.56 Å². The SMILES string of the molecule is CCCc1ccc(F)c(F)c1F.O=C(F)c1ccc(-c2cc(F)c(OC(F)(F)F)c(F)c2)c(F)c1. The Bertz CT molecular complexity index is 1200. The molecule has 2 nitrogen and oxygen atoms in total. The smallest absolute Gasteiger partial charge is 0.399 e. The second-order valence-electron chi connectivity index (χ2n) is 6.87. The lowest BCUT2D eigenvalue weighted by molar-refractivity contribution is -0.276. The molecule has 0 aromatic heterocycles. The molecule has 0 aliphatic carbocycles. The summed E-state index contributed by atoms with van der Waals surface area (Å²) in [6.07, 6.45) is -4.16. The number of aryl methyl sites for hydroxylation is 1. The fourth-order valence-electron chi connectivity index (χ4n) is 2.83. The summed E-state index contributed by atoms with van der Waals surface area (Å²) in [5, 5.41) is 0. The van der Waals surface area contributed by atoms with Crippen LogP contribution < -0.4 is 4.74 Å². The molecule has 0 spiro atoms. The molecule has 0 aliphatic heterocycles. The van der Waals surface area contributed by atoms with Crippen LogP contribution in [0, 0.1) is 34.9 Å². The number of carbonyl (C=O) groups is 1. The van der Waals surface area contributed by atoms with E-state index in [1.165, 1.54) is 6.07 Å². The Labute approximate surface area is 191 Å². The minimum atomic E-state index is -5.31. The molecule has 0 radical (unpaired) electrons. The van der Waals surface area contributed by atoms with Gasteiger partial charge in [-0.05, 0) is 47.9 Å². The van der Waals surface area contributed by atoms with Crippen LogP contribution in [0.3, 0.4) is 0 Å². The standard InChI is InChI=1S/C14H5F7O2.C9H9F3/c15-9-3-6(13(18)22)1-2-8(9)7-4-10(16)12(11(17)5-7)23-14(19,20)21;1-2-3-6-4-5-7(10)9(12)8(6)11/h1-5H;4-5H,2-3H2,1H3. The highest BCUT2D eigenvalue weighted by molar-refractivity contribution is 5.89. The van der Waals surface area contributed by atoms with E-state index in [0.29, 0.717) is 31.0 Å². The molecule has 12 heteroatoms. The van der Waals surface area contributed by atoms with Gasteiger partial charge in [0.15, 0.2) is 29.1 Å². The maximum absolute atomic E-state index is 13.8. The molecule has 0 unspecified atom stereocenters. The van der Waals surface area contributed by atoms with Crippen molar-refractivity contribution in [3.05, 3.63) is 88.5 Å². The molecule has 0 bridgehead atoms. The van der Waals surface area contributed by atoms with Gasteiger partial charge in [0.1, 0.15) is 5.82 Å². The van der Waals surface area contributed by atoms with Gasteiger partial charge in [-0.2, -0.15) is 4.39 Å². The maximum atomic E-state index is 13.8. The van der Waals surface area contributed by atoms with Gasteiger partial charge in [-0.1, -0.05) is 25.5 Å². The number of alkyl halides is 3. The van der Waals surface area contributed by atoms with E-state index in [1.54, 1.807) is 0 Å². The molecule has 0 fully saturated rings. The van der Waals surface area contributed by atoms with Gasteiger partial charge >= 0.3 is 12.4 Å². The second-order valence-corrected chi connectivity index (χ2v) is 6.87. The van der Waals surface area contributed by atoms with Crippen molar-refractivity contribution in [2.24, 2.45) is 0 Å². The summed E-state index contributed by atoms with van der Waals surface area (Å²) in [5.41, 5.74) is -1.28. The summed E-state index contributed by atoms with van der Waals surface area (Å²) in [4.78, 5) is 10.5. The minimum absolute atomic E-state index is 0.233. The number of halogens is 10. The molecule has 0 saturated heterocycles. The van der Waals surface area contributed by atoms with Gasteiger partial charge in [-0.25, -0.2) is 26.3 Å². The Morgan fingerprint density at radius 1 is 0.800 bits per heavy atom. The third kappa shape index (κ3) is 7.20. The van der Waals surface area contributed by atoms with Crippen LogP contribution in [0.2, 0.25) is 0 Å². The van der Waals surface area contributed by atoms with Gasteiger partial charge in [0.2, 0.25) is 5.75 Å². The topological polar surface area (TPSA) is 26.3 Å². The van der Waals surface area contributed by atoms with E-state index in [0.717, 1.165) is 18.2 Å². The zero-order valence-corrected chi connectivity index (χ0v) is 17.6. The predicted octanol–water partition coefficient (Wildman–Crippen LogP) is 7.84. The fraction of sp³-hybridized carbons (Fsp3) is 0.174. The van der Waals surface area contributed by atoms with Crippen molar-refractivity contribution < 1.29 is 53.4 Å². The monoisotopic (exact) mass is 512 g/mol. The van der Waals surface area contributed by atoms with Crippen molar-refractivity contribution in [2.75, 3.05) is 0 Å². The summed E-state index contributed by atoms with van der Waals surface area (Å²) in [5.74, 6) is -9.84. The quantitative estimate of drug-likeness (QED) is 0.198. The summed E-state index contributed by atoms with van der Waals surface area (Å²) < 4.78 is 130. The average molecular weight is 512 g/mol. The fourth-order valence-corrected chi connectivity index (χ4v) is 2.83. The van der Waals surface area contributed by atoms with Gasteiger partial charge in [0.05, 0.1) is 5.56 Å². The van der Waals surface area contributed by atoms with Crippen molar-refractivity contribution >= 4 is 6.04 Å². The first kappa shape index (κ1) is 27.7. The summed E-state index contributed by atoms with van der Waals surface area (Å²) in [7, 11) is 0. The van der Waals surface area contributed by atoms with Crippen molar-refractivity contribution in [2.45, 2.75) is 26.1 Å². The Balaban J connectivity index is 0.000000303. The maximum Gasteiger partial charge on any atom is 0.573 e. The van der Waals surface area contributed by atoms with E-state index in [4.69, 9.17) is 0 Å². The number of carbonyl (C=O) groups excluding carboxylic acids is 1. The number of ether oxygens (including phenoxy) is 1. The van der Waals surface area contributed by atoms with Crippen LogP contribution in [0.1, 0.15) is 29.3 Å². The highest BCUT2D eigenvalue weighted by atomic mass is 19.4. The Kier molecular flexibility index (Phi) is 8.88. The number of benzene rings is 3. The second kappa shape index (κ2) is 11.2. The van der Waals surface area contributed by atoms with Gasteiger partial charge in [-0.15, -0.1) is 13.2 Å². The van der Waals surface area contributed by atoms with Crippen molar-refractivity contribution in [3.63, 3.8) is 0 Å². The summed E-state index contributed by atoms with van der Waals surface area (Å²) in [6, 6.07) is 3.35. The lowest BCUT2D eigenvalue weighted by Crippen LogP contribution is -2.19. The van der Waals surface area contributed by atoms with E-state index in [2.05, 4.69) is 4.74 Å². The molecule has 35 heavy (non-hydrogen) atoms. The first-order valence-electron chi connectivity index (χ1n) is 9.62. The zero-order valence-electron chi connectivity index (χ0n) is 17.6. The molecular weight excluding hydrogens is 498 g/mol. The molecule has 0 N–H and O–H groups in total. The Morgan fingerprint density at radius 2 is 1.40 bits per heavy atom. The van der Waals surface area contributed by atoms with E-state index in [1.807, 2.05) is 6.92 Å². The van der Waals surface area contributed by atoms with Gasteiger partial charge in [-0.3, -0.25) is 4.79 Å². The average Bonchev–Trinajstić information content (AvgIpc) is 2.76.